The van der Waals surface area contributed by atoms with Crippen LogP contribution < -0.4 is 0 Å². The van der Waals surface area contributed by atoms with E-state index in [-0.39, 0.29) is 41.8 Å². The molecule has 4 N–H and O–H groups in total. The summed E-state index contributed by atoms with van der Waals surface area (Å²) in [6.45, 7) is 10.9. The van der Waals surface area contributed by atoms with E-state index in [2.05, 4.69) is 0 Å². The minimum Gasteiger partial charge on any atom is -0.508 e. The summed E-state index contributed by atoms with van der Waals surface area (Å²) in [5.41, 5.74) is -3.09. The van der Waals surface area contributed by atoms with Gasteiger partial charge in [-0.25, -0.2) is 0 Å². The number of non-ortho nitro benzene ring substituents is 1. The van der Waals surface area contributed by atoms with Crippen molar-refractivity contribution in [1.82, 2.24) is 4.90 Å². The van der Waals surface area contributed by atoms with Gasteiger partial charge in [0.25, 0.3) is 5.69 Å². The lowest BCUT2D eigenvalue weighted by Gasteiger charge is -2.50. The molecular weight excluding hydrogens is 604 g/mol. The summed E-state index contributed by atoms with van der Waals surface area (Å²) in [7, 11) is 3.18. The van der Waals surface area contributed by atoms with Gasteiger partial charge in [0.05, 0.1) is 16.5 Å². The molecular formula is C36H42N2O9. The Kier molecular flexibility index (Phi) is 8.05. The molecule has 0 spiro atoms. The van der Waals surface area contributed by atoms with Crippen LogP contribution in [0.5, 0.6) is 5.75 Å². The van der Waals surface area contributed by atoms with Gasteiger partial charge in [-0.1, -0.05) is 53.7 Å². The number of nitro groups is 1. The van der Waals surface area contributed by atoms with Crippen molar-refractivity contribution in [3.8, 4) is 16.9 Å². The van der Waals surface area contributed by atoms with E-state index in [4.69, 9.17) is 0 Å². The van der Waals surface area contributed by atoms with E-state index in [0.29, 0.717) is 22.3 Å². The number of Topliss-reactive ketones (excluding diaryl/α,β-unsaturated/α-hetero) is 3. The van der Waals surface area contributed by atoms with Crippen LogP contribution in [0.3, 0.4) is 0 Å². The molecule has 0 radical (unpaired) electrons. The first-order valence-corrected chi connectivity index (χ1v) is 15.6. The number of aliphatic hydroxyl groups excluding tert-OH is 2. The third kappa shape index (κ3) is 5.35. The number of fused-ring (bicyclic) bond motifs is 3. The number of carbonyl (C=O) groups excluding carboxylic acids is 3. The summed E-state index contributed by atoms with van der Waals surface area (Å²) in [6, 6.07) is 6.59. The highest BCUT2D eigenvalue weighted by Crippen LogP contribution is 2.55. The van der Waals surface area contributed by atoms with Crippen LogP contribution in [0.2, 0.25) is 0 Å². The molecule has 0 aromatic heterocycles. The van der Waals surface area contributed by atoms with Crippen molar-refractivity contribution in [3.05, 3.63) is 74.0 Å². The third-order valence-corrected chi connectivity index (χ3v) is 9.62. The van der Waals surface area contributed by atoms with Gasteiger partial charge < -0.3 is 20.4 Å². The number of likely N-dealkylation sites (N-methyl/N-ethyl adjacent to an activating group) is 1. The largest absolute Gasteiger partial charge is 0.508 e. The summed E-state index contributed by atoms with van der Waals surface area (Å²) < 4.78 is 0. The molecule has 5 rings (SSSR count). The maximum Gasteiger partial charge on any atom is 0.270 e. The van der Waals surface area contributed by atoms with Crippen molar-refractivity contribution in [3.63, 3.8) is 0 Å². The number of nitrogens with zero attached hydrogens (tertiary/aromatic N) is 2. The summed E-state index contributed by atoms with van der Waals surface area (Å²) in [6.07, 6.45) is -0.0741. The van der Waals surface area contributed by atoms with Crippen molar-refractivity contribution < 1.29 is 39.7 Å². The molecule has 0 aliphatic heterocycles. The first-order valence-electron chi connectivity index (χ1n) is 15.6. The van der Waals surface area contributed by atoms with Gasteiger partial charge in [0.2, 0.25) is 5.78 Å². The molecule has 1 fully saturated rings. The predicted octanol–water partition coefficient (Wildman–Crippen LogP) is 5.36. The van der Waals surface area contributed by atoms with E-state index in [1.165, 1.54) is 17.0 Å². The molecule has 3 aliphatic rings. The number of hydrogen-bond acceptors (Lipinski definition) is 10. The molecule has 11 heteroatoms. The van der Waals surface area contributed by atoms with Crippen molar-refractivity contribution in [2.24, 2.45) is 17.3 Å². The zero-order chi connectivity index (χ0) is 35.1. The monoisotopic (exact) mass is 646 g/mol. The lowest BCUT2D eigenvalue weighted by molar-refractivity contribution is -0.384. The second kappa shape index (κ2) is 11.1. The van der Waals surface area contributed by atoms with Gasteiger partial charge in [0.15, 0.2) is 17.2 Å². The number of phenolic OH excluding ortho intramolecular Hbond substituents is 1. The van der Waals surface area contributed by atoms with Crippen molar-refractivity contribution in [2.45, 2.75) is 77.9 Å². The molecule has 3 aliphatic carbocycles. The van der Waals surface area contributed by atoms with Crippen LogP contribution >= 0.6 is 0 Å². The summed E-state index contributed by atoms with van der Waals surface area (Å²) in [4.78, 5) is 54.4. The third-order valence-electron chi connectivity index (χ3n) is 9.62. The molecule has 11 nitrogen and oxygen atoms in total. The molecule has 0 heterocycles. The Labute approximate surface area is 273 Å². The van der Waals surface area contributed by atoms with Gasteiger partial charge >= 0.3 is 0 Å². The van der Waals surface area contributed by atoms with Crippen molar-refractivity contribution in [2.75, 3.05) is 14.1 Å². The van der Waals surface area contributed by atoms with Gasteiger partial charge in [-0.2, -0.15) is 0 Å². The number of nitro benzene ring substituents is 1. The topological polar surface area (TPSA) is 179 Å². The number of aromatic hydroxyl groups is 1. The van der Waals surface area contributed by atoms with E-state index in [0.717, 1.165) is 0 Å². The fourth-order valence-corrected chi connectivity index (χ4v) is 7.53. The van der Waals surface area contributed by atoms with Crippen LogP contribution in [0.1, 0.15) is 71.1 Å². The second-order valence-corrected chi connectivity index (χ2v) is 15.5. The Morgan fingerprint density at radius 3 is 2.26 bits per heavy atom. The summed E-state index contributed by atoms with van der Waals surface area (Å²) in [5.74, 6) is -6.24. The van der Waals surface area contributed by atoms with Gasteiger partial charge in [-0.15, -0.1) is 0 Å². The summed E-state index contributed by atoms with van der Waals surface area (Å²) >= 11 is 0. The van der Waals surface area contributed by atoms with E-state index in [9.17, 15) is 44.9 Å². The normalized spacial score (nSPS) is 24.7. The molecule has 4 unspecified atom stereocenters. The lowest BCUT2D eigenvalue weighted by atomic mass is 9.57. The standard InChI is InChI=1S/C36H42N2O9/c1-34(2,3)16-24(39)27-31(42)28(37(7)8)22-14-18-13-21-20(17-10-9-11-19(12-17)38(46)47)15-23(35(4,5)6)29(40)26(21)30(41)25(18)32(43)36(22,45)33(27)44/h9-12,15,18,22,28,40-41,44-45H,13-14,16H2,1-8H3. The van der Waals surface area contributed by atoms with E-state index in [1.807, 2.05) is 20.8 Å². The first-order chi connectivity index (χ1) is 21.6. The quantitative estimate of drug-likeness (QED) is 0.188. The van der Waals surface area contributed by atoms with E-state index in [1.54, 1.807) is 53.1 Å². The fourth-order valence-electron chi connectivity index (χ4n) is 7.53. The molecule has 2 aromatic rings. The minimum absolute atomic E-state index is 0.0311. The Morgan fingerprint density at radius 1 is 1.06 bits per heavy atom. The van der Waals surface area contributed by atoms with E-state index < -0.39 is 73.7 Å². The molecule has 0 bridgehead atoms. The number of benzene rings is 2. The average Bonchev–Trinajstić information content (AvgIpc) is 2.93. The summed E-state index contributed by atoms with van der Waals surface area (Å²) in [5, 5.41) is 58.9. The minimum atomic E-state index is -2.69. The Balaban J connectivity index is 1.79. The maximum absolute atomic E-state index is 14.5. The fraction of sp³-hybridized carbons (Fsp3) is 0.472. The Morgan fingerprint density at radius 2 is 1.70 bits per heavy atom. The molecule has 2 aromatic carbocycles. The highest BCUT2D eigenvalue weighted by molar-refractivity contribution is 6.25. The Bertz CT molecular complexity index is 1810. The van der Waals surface area contributed by atoms with Crippen LogP contribution in [0, 0.1) is 27.4 Å². The smallest absolute Gasteiger partial charge is 0.270 e. The van der Waals surface area contributed by atoms with Crippen molar-refractivity contribution in [1.29, 1.82) is 0 Å². The second-order valence-electron chi connectivity index (χ2n) is 15.5. The number of ketones is 3. The average molecular weight is 647 g/mol. The molecule has 1 saturated carbocycles. The molecule has 4 atom stereocenters. The number of rotatable bonds is 5. The number of hydrogen-bond donors (Lipinski definition) is 4. The van der Waals surface area contributed by atoms with Gasteiger partial charge in [0, 0.05) is 35.6 Å². The highest BCUT2D eigenvalue weighted by atomic mass is 16.6. The SMILES string of the molecule is CN(C)C1C(=O)C(C(=O)CC(C)(C)C)=C(O)C2(O)C(=O)C3=C(O)c4c(O)c(C(C)(C)C)cc(-c5cccc([N+](=O)[O-])c5)c4CC3CC12. The molecule has 0 saturated heterocycles. The van der Waals surface area contributed by atoms with Crippen molar-refractivity contribution >= 4 is 28.8 Å². The van der Waals surface area contributed by atoms with Crippen LogP contribution in [0.25, 0.3) is 16.9 Å². The van der Waals surface area contributed by atoms with E-state index >= 15 is 0 Å². The zero-order valence-corrected chi connectivity index (χ0v) is 28.0. The first kappa shape index (κ1) is 34.0. The zero-order valence-electron chi connectivity index (χ0n) is 28.0. The number of aliphatic hydroxyl groups is 3. The number of carbonyl (C=O) groups is 3. The number of phenols is 1. The Hall–Kier alpha value is -4.35. The molecule has 0 amide bonds. The van der Waals surface area contributed by atoms with Crippen LogP contribution in [-0.2, 0) is 26.2 Å². The van der Waals surface area contributed by atoms with Crippen LogP contribution in [0.15, 0.2) is 47.2 Å². The van der Waals surface area contributed by atoms with Crippen LogP contribution in [-0.4, -0.2) is 73.3 Å². The van der Waals surface area contributed by atoms with Gasteiger partial charge in [-0.05, 0) is 66.4 Å². The maximum atomic E-state index is 14.5. The van der Waals surface area contributed by atoms with Gasteiger partial charge in [-0.3, -0.25) is 29.4 Å². The molecule has 250 valence electrons. The van der Waals surface area contributed by atoms with Gasteiger partial charge in [0.1, 0.15) is 22.8 Å². The molecule has 47 heavy (non-hydrogen) atoms. The van der Waals surface area contributed by atoms with Crippen LogP contribution in [0.4, 0.5) is 5.69 Å². The predicted molar refractivity (Wildman–Crippen MR) is 175 cm³/mol. The lowest BCUT2D eigenvalue weighted by Crippen LogP contribution is -2.65. The highest BCUT2D eigenvalue weighted by Gasteiger charge is 2.64.